The van der Waals surface area contributed by atoms with Crippen molar-refractivity contribution in [2.45, 2.75) is 156 Å². The first-order chi connectivity index (χ1) is 21.0. The van der Waals surface area contributed by atoms with Gasteiger partial charge in [-0.25, -0.2) is 0 Å². The molecule has 46 heavy (non-hydrogen) atoms. The van der Waals surface area contributed by atoms with E-state index in [1.165, 1.54) is 11.8 Å². The van der Waals surface area contributed by atoms with Crippen molar-refractivity contribution in [3.8, 4) is 11.5 Å². The number of aromatic hydroxyl groups is 2. The molecule has 0 aromatic heterocycles. The SMILES string of the molecule is CC(C)(C)c1cc(CCC(=O)OCCCCCCSC(=O)CCc2cc(C(C)(C)C)c(O)c(C(C)(C)C)c2)cc(C(C)(C)C)c1O. The van der Waals surface area contributed by atoms with Gasteiger partial charge in [0.2, 0.25) is 0 Å². The van der Waals surface area contributed by atoms with Crippen molar-refractivity contribution in [1.82, 2.24) is 0 Å². The number of carbonyl (C=O) groups is 2. The van der Waals surface area contributed by atoms with Crippen LogP contribution in [0.2, 0.25) is 0 Å². The Kier molecular flexibility index (Phi) is 13.9. The molecule has 0 aliphatic heterocycles. The first-order valence-electron chi connectivity index (χ1n) is 17.1. The molecular formula is C40H62O5S. The third kappa shape index (κ3) is 12.3. The Balaban J connectivity index is 1.71. The lowest BCUT2D eigenvalue weighted by atomic mass is 9.78. The van der Waals surface area contributed by atoms with Gasteiger partial charge in [-0.1, -0.05) is 132 Å². The van der Waals surface area contributed by atoms with Gasteiger partial charge in [0.25, 0.3) is 0 Å². The lowest BCUT2D eigenvalue weighted by molar-refractivity contribution is -0.143. The zero-order valence-corrected chi connectivity index (χ0v) is 31.7. The smallest absolute Gasteiger partial charge is 0.306 e. The van der Waals surface area contributed by atoms with Gasteiger partial charge in [-0.15, -0.1) is 0 Å². The van der Waals surface area contributed by atoms with Gasteiger partial charge in [0.05, 0.1) is 6.61 Å². The van der Waals surface area contributed by atoms with Crippen LogP contribution in [0.1, 0.15) is 155 Å². The van der Waals surface area contributed by atoms with Gasteiger partial charge in [-0.2, -0.15) is 0 Å². The van der Waals surface area contributed by atoms with Crippen LogP contribution in [0.15, 0.2) is 24.3 Å². The van der Waals surface area contributed by atoms with E-state index in [1.807, 2.05) is 12.1 Å². The third-order valence-electron chi connectivity index (χ3n) is 8.37. The van der Waals surface area contributed by atoms with Crippen LogP contribution in [-0.2, 0) is 48.8 Å². The molecule has 6 heteroatoms. The van der Waals surface area contributed by atoms with Crippen LogP contribution < -0.4 is 0 Å². The van der Waals surface area contributed by atoms with Crippen LogP contribution >= 0.6 is 11.8 Å². The fourth-order valence-corrected chi connectivity index (χ4v) is 6.35. The van der Waals surface area contributed by atoms with E-state index in [2.05, 4.69) is 95.2 Å². The minimum atomic E-state index is -0.201. The fraction of sp³-hybridized carbons (Fsp3) is 0.650. The molecule has 0 spiro atoms. The number of thioether (sulfide) groups is 1. The summed E-state index contributed by atoms with van der Waals surface area (Å²) in [5.41, 5.74) is 5.06. The largest absolute Gasteiger partial charge is 0.507 e. The molecule has 0 radical (unpaired) electrons. The van der Waals surface area contributed by atoms with Crippen LogP contribution in [0.4, 0.5) is 0 Å². The van der Waals surface area contributed by atoms with Crippen molar-refractivity contribution in [3.63, 3.8) is 0 Å². The van der Waals surface area contributed by atoms with E-state index in [4.69, 9.17) is 4.74 Å². The Morgan fingerprint density at radius 3 is 1.35 bits per heavy atom. The summed E-state index contributed by atoms with van der Waals surface area (Å²) in [5, 5.41) is 22.1. The van der Waals surface area contributed by atoms with Crippen LogP contribution in [0.3, 0.4) is 0 Å². The number of unbranched alkanes of at least 4 members (excludes halogenated alkanes) is 3. The maximum atomic E-state index is 12.6. The molecule has 5 nitrogen and oxygen atoms in total. The second kappa shape index (κ2) is 16.1. The predicted octanol–water partition coefficient (Wildman–Crippen LogP) is 10.2. The standard InChI is InChI=1S/C40H62O5S/c1-37(2,3)29-23-27(24-30(35(29)43)38(4,5)6)17-19-33(41)45-21-15-13-14-16-22-46-34(42)20-18-28-25-31(39(7,8)9)36(44)32(26-28)40(10,11)12/h23-26,43-44H,13-22H2,1-12H3. The van der Waals surface area contributed by atoms with Crippen LogP contribution in [0.5, 0.6) is 11.5 Å². The zero-order valence-electron chi connectivity index (χ0n) is 30.9. The summed E-state index contributed by atoms with van der Waals surface area (Å²) in [6.07, 6.45) is 5.79. The molecule has 0 saturated carbocycles. The molecule has 0 saturated heterocycles. The Hall–Kier alpha value is -2.47. The highest BCUT2D eigenvalue weighted by atomic mass is 32.2. The fourth-order valence-electron chi connectivity index (χ4n) is 5.53. The second-order valence-corrected chi connectivity index (χ2v) is 18.1. The Morgan fingerprint density at radius 1 is 0.587 bits per heavy atom. The van der Waals surface area contributed by atoms with E-state index in [0.717, 1.165) is 64.8 Å². The van der Waals surface area contributed by atoms with E-state index in [0.29, 0.717) is 43.8 Å². The van der Waals surface area contributed by atoms with Gasteiger partial charge < -0.3 is 14.9 Å². The summed E-state index contributed by atoms with van der Waals surface area (Å²) in [7, 11) is 0. The average molecular weight is 655 g/mol. The highest BCUT2D eigenvalue weighted by Gasteiger charge is 2.28. The summed E-state index contributed by atoms with van der Waals surface area (Å²) in [6.45, 7) is 25.6. The Bertz CT molecular complexity index is 1160. The van der Waals surface area contributed by atoms with Gasteiger partial charge >= 0.3 is 5.97 Å². The molecule has 0 unspecified atom stereocenters. The maximum Gasteiger partial charge on any atom is 0.306 e. The third-order valence-corrected chi connectivity index (χ3v) is 9.39. The average Bonchev–Trinajstić information content (AvgIpc) is 2.90. The number of hydrogen-bond donors (Lipinski definition) is 2. The van der Waals surface area contributed by atoms with Crippen molar-refractivity contribution >= 4 is 22.8 Å². The Labute approximate surface area is 284 Å². The number of benzene rings is 2. The minimum absolute atomic E-state index is 0.183. The van der Waals surface area contributed by atoms with Gasteiger partial charge in [-0.05, 0) is 80.7 Å². The molecule has 0 bridgehead atoms. The van der Waals surface area contributed by atoms with Crippen molar-refractivity contribution in [3.05, 3.63) is 57.6 Å². The summed E-state index contributed by atoms with van der Waals surface area (Å²) in [4.78, 5) is 25.1. The van der Waals surface area contributed by atoms with Gasteiger partial charge in [0.15, 0.2) is 5.12 Å². The molecule has 0 fully saturated rings. The first-order valence-corrected chi connectivity index (χ1v) is 18.1. The number of phenolic OH excluding ortho intramolecular Hbond substituents is 2. The molecule has 258 valence electrons. The van der Waals surface area contributed by atoms with E-state index in [-0.39, 0.29) is 32.7 Å². The van der Waals surface area contributed by atoms with Crippen LogP contribution in [-0.4, -0.2) is 33.7 Å². The normalized spacial score (nSPS) is 12.8. The number of phenols is 2. The molecule has 0 heterocycles. The lowest BCUT2D eigenvalue weighted by Crippen LogP contribution is -2.18. The molecule has 0 aliphatic rings. The highest BCUT2D eigenvalue weighted by Crippen LogP contribution is 2.41. The van der Waals surface area contributed by atoms with E-state index in [1.54, 1.807) is 0 Å². The number of esters is 1. The highest BCUT2D eigenvalue weighted by molar-refractivity contribution is 8.13. The van der Waals surface area contributed by atoms with E-state index >= 15 is 0 Å². The quantitative estimate of drug-likeness (QED) is 0.165. The Morgan fingerprint density at radius 2 is 0.957 bits per heavy atom. The molecule has 0 amide bonds. The van der Waals surface area contributed by atoms with Crippen LogP contribution in [0.25, 0.3) is 0 Å². The number of rotatable bonds is 13. The summed E-state index contributed by atoms with van der Waals surface area (Å²) >= 11 is 1.41. The molecular weight excluding hydrogens is 593 g/mol. The minimum Gasteiger partial charge on any atom is -0.507 e. The molecule has 2 rings (SSSR count). The first kappa shape index (κ1) is 39.7. The lowest BCUT2D eigenvalue weighted by Gasteiger charge is -2.28. The van der Waals surface area contributed by atoms with Crippen LogP contribution in [0, 0.1) is 0 Å². The van der Waals surface area contributed by atoms with E-state index in [9.17, 15) is 19.8 Å². The molecule has 2 N–H and O–H groups in total. The second-order valence-electron chi connectivity index (χ2n) is 16.9. The van der Waals surface area contributed by atoms with E-state index < -0.39 is 0 Å². The van der Waals surface area contributed by atoms with Gasteiger partial charge in [0, 0.05) is 18.6 Å². The van der Waals surface area contributed by atoms with Crippen molar-refractivity contribution in [1.29, 1.82) is 0 Å². The molecule has 0 aliphatic carbocycles. The van der Waals surface area contributed by atoms with Crippen molar-refractivity contribution < 1.29 is 24.5 Å². The van der Waals surface area contributed by atoms with Gasteiger partial charge in [-0.3, -0.25) is 9.59 Å². The van der Waals surface area contributed by atoms with Crippen molar-refractivity contribution in [2.24, 2.45) is 0 Å². The maximum absolute atomic E-state index is 12.6. The zero-order chi connectivity index (χ0) is 35.1. The number of hydrogen-bond acceptors (Lipinski definition) is 6. The summed E-state index contributed by atoms with van der Waals surface area (Å²) in [5.74, 6) is 1.33. The number of carbonyl (C=O) groups excluding carboxylic acids is 2. The molecule has 2 aromatic rings. The number of ether oxygens (including phenoxy) is 1. The monoisotopic (exact) mass is 654 g/mol. The topological polar surface area (TPSA) is 83.8 Å². The summed E-state index contributed by atoms with van der Waals surface area (Å²) < 4.78 is 5.50. The van der Waals surface area contributed by atoms with Gasteiger partial charge in [0.1, 0.15) is 11.5 Å². The molecule has 2 aromatic carbocycles. The van der Waals surface area contributed by atoms with Crippen molar-refractivity contribution in [2.75, 3.05) is 12.4 Å². The molecule has 0 atom stereocenters. The number of aryl methyl sites for hydroxylation is 2. The summed E-state index contributed by atoms with van der Waals surface area (Å²) in [6, 6.07) is 8.18. The predicted molar refractivity (Wildman–Crippen MR) is 195 cm³/mol.